The van der Waals surface area contributed by atoms with E-state index < -0.39 is 39.0 Å². The Morgan fingerprint density at radius 2 is 1.78 bits per heavy atom. The van der Waals surface area contributed by atoms with E-state index in [0.29, 0.717) is 0 Å². The molecule has 0 atom stereocenters. The molecule has 0 radical (unpaired) electrons. The van der Waals surface area contributed by atoms with Crippen molar-refractivity contribution in [2.75, 3.05) is 11.1 Å². The van der Waals surface area contributed by atoms with Gasteiger partial charge in [-0.1, -0.05) is 0 Å². The van der Waals surface area contributed by atoms with Crippen LogP contribution in [0.3, 0.4) is 0 Å². The van der Waals surface area contributed by atoms with E-state index in [-0.39, 0.29) is 17.2 Å². The second-order valence-corrected chi connectivity index (χ2v) is 6.72. The molecular weight excluding hydrogens is 329 g/mol. The number of nitrogens with one attached hydrogen (secondary N) is 1. The maximum absolute atomic E-state index is 12.7. The Morgan fingerprint density at radius 1 is 1.13 bits per heavy atom. The number of carbonyl (C=O) groups excluding carboxylic acids is 1. The van der Waals surface area contributed by atoms with Gasteiger partial charge in [0.2, 0.25) is 11.7 Å². The Labute approximate surface area is 130 Å². The summed E-state index contributed by atoms with van der Waals surface area (Å²) in [5, 5.41) is 11.0. The van der Waals surface area contributed by atoms with Crippen LogP contribution in [0.15, 0.2) is 40.8 Å². The molecule has 2 rings (SSSR count). The van der Waals surface area contributed by atoms with Gasteiger partial charge in [-0.3, -0.25) is 4.79 Å². The van der Waals surface area contributed by atoms with Crippen LogP contribution in [0.4, 0.5) is 10.1 Å². The van der Waals surface area contributed by atoms with Crippen molar-refractivity contribution < 1.29 is 31.9 Å². The highest BCUT2D eigenvalue weighted by atomic mass is 32.2. The first-order valence-electron chi connectivity index (χ1n) is 6.33. The predicted molar refractivity (Wildman–Crippen MR) is 78.2 cm³/mol. The van der Waals surface area contributed by atoms with Crippen molar-refractivity contribution >= 4 is 27.4 Å². The second-order valence-electron chi connectivity index (χ2n) is 4.66. The summed E-state index contributed by atoms with van der Waals surface area (Å²) in [5.41, 5.74) is 0.262. The van der Waals surface area contributed by atoms with E-state index in [9.17, 15) is 22.4 Å². The van der Waals surface area contributed by atoms with Gasteiger partial charge in [0.1, 0.15) is 23.1 Å². The Kier molecular flexibility index (Phi) is 4.80. The summed E-state index contributed by atoms with van der Waals surface area (Å²) in [6.07, 6.45) is 0. The minimum atomic E-state index is -3.85. The molecular formula is C14H12FNO6S. The fraction of sp³-hybridized carbons (Fsp3) is 0.143. The van der Waals surface area contributed by atoms with Crippen molar-refractivity contribution in [3.63, 3.8) is 0 Å². The number of furan rings is 1. The summed E-state index contributed by atoms with van der Waals surface area (Å²) < 4.78 is 41.4. The standard InChI is InChI=1S/C14H12FNO6S/c15-9-1-3-10(4-2-9)16-13(17)8-23(20,21)7-11-5-6-12(22-11)14(18)19/h1-6H,7-8H2,(H,16,17)(H,18,19). The monoisotopic (exact) mass is 341 g/mol. The van der Waals surface area contributed by atoms with Crippen LogP contribution in [-0.4, -0.2) is 31.2 Å². The lowest BCUT2D eigenvalue weighted by Gasteiger charge is -2.05. The van der Waals surface area contributed by atoms with Gasteiger partial charge in [0.25, 0.3) is 0 Å². The molecule has 0 unspecified atom stereocenters. The average Bonchev–Trinajstić information content (AvgIpc) is 2.88. The first-order valence-corrected chi connectivity index (χ1v) is 8.15. The third-order valence-electron chi connectivity index (χ3n) is 2.71. The van der Waals surface area contributed by atoms with Gasteiger partial charge in [0.15, 0.2) is 9.84 Å². The molecule has 0 fully saturated rings. The summed E-state index contributed by atoms with van der Waals surface area (Å²) >= 11 is 0. The molecule has 122 valence electrons. The highest BCUT2D eigenvalue weighted by molar-refractivity contribution is 7.91. The zero-order valence-corrected chi connectivity index (χ0v) is 12.5. The molecule has 1 amide bonds. The number of anilines is 1. The first kappa shape index (κ1) is 16.7. The number of rotatable bonds is 6. The van der Waals surface area contributed by atoms with Crippen molar-refractivity contribution in [2.45, 2.75) is 5.75 Å². The predicted octanol–water partition coefficient (Wildman–Crippen LogP) is 1.67. The maximum Gasteiger partial charge on any atom is 0.371 e. The third-order valence-corrected chi connectivity index (χ3v) is 4.14. The van der Waals surface area contributed by atoms with Crippen LogP contribution < -0.4 is 5.32 Å². The lowest BCUT2D eigenvalue weighted by Crippen LogP contribution is -2.23. The maximum atomic E-state index is 12.7. The van der Waals surface area contributed by atoms with Gasteiger partial charge >= 0.3 is 5.97 Å². The Morgan fingerprint density at radius 3 is 2.35 bits per heavy atom. The number of carbonyl (C=O) groups is 2. The van der Waals surface area contributed by atoms with Crippen LogP contribution in [0.1, 0.15) is 16.3 Å². The number of hydrogen-bond acceptors (Lipinski definition) is 5. The third kappa shape index (κ3) is 4.92. The topological polar surface area (TPSA) is 114 Å². The summed E-state index contributed by atoms with van der Waals surface area (Å²) in [6.45, 7) is 0. The number of benzene rings is 1. The number of carboxylic acids is 1. The molecule has 0 aliphatic rings. The van der Waals surface area contributed by atoms with Crippen molar-refractivity contribution in [2.24, 2.45) is 0 Å². The van der Waals surface area contributed by atoms with Crippen LogP contribution in [0, 0.1) is 5.82 Å². The number of amides is 1. The van der Waals surface area contributed by atoms with E-state index in [0.717, 1.165) is 18.2 Å². The van der Waals surface area contributed by atoms with Gasteiger partial charge < -0.3 is 14.8 Å². The Bertz CT molecular complexity index is 825. The summed E-state index contributed by atoms with van der Waals surface area (Å²) in [4.78, 5) is 22.4. The molecule has 2 aromatic rings. The van der Waals surface area contributed by atoms with E-state index >= 15 is 0 Å². The number of sulfone groups is 1. The van der Waals surface area contributed by atoms with Gasteiger partial charge in [-0.25, -0.2) is 17.6 Å². The van der Waals surface area contributed by atoms with E-state index in [1.807, 2.05) is 0 Å². The molecule has 23 heavy (non-hydrogen) atoms. The molecule has 1 aromatic heterocycles. The minimum Gasteiger partial charge on any atom is -0.475 e. The Hall–Kier alpha value is -2.68. The van der Waals surface area contributed by atoms with Gasteiger partial charge in [0, 0.05) is 5.69 Å². The molecule has 0 saturated heterocycles. The van der Waals surface area contributed by atoms with Gasteiger partial charge in [-0.15, -0.1) is 0 Å². The molecule has 0 bridgehead atoms. The number of aromatic carboxylic acids is 1. The summed E-state index contributed by atoms with van der Waals surface area (Å²) in [6, 6.07) is 7.20. The van der Waals surface area contributed by atoms with Crippen LogP contribution in [0.25, 0.3) is 0 Å². The number of hydrogen-bond donors (Lipinski definition) is 2. The van der Waals surface area contributed by atoms with E-state index in [1.54, 1.807) is 0 Å². The first-order chi connectivity index (χ1) is 10.7. The molecule has 1 heterocycles. The molecule has 0 aliphatic carbocycles. The lowest BCUT2D eigenvalue weighted by atomic mass is 10.3. The van der Waals surface area contributed by atoms with Crippen LogP contribution in [0.5, 0.6) is 0 Å². The smallest absolute Gasteiger partial charge is 0.371 e. The van der Waals surface area contributed by atoms with Crippen molar-refractivity contribution in [1.29, 1.82) is 0 Å². The summed E-state index contributed by atoms with van der Waals surface area (Å²) in [5.74, 6) is -4.46. The molecule has 0 spiro atoms. The van der Waals surface area contributed by atoms with Gasteiger partial charge in [0.05, 0.1) is 0 Å². The van der Waals surface area contributed by atoms with Crippen LogP contribution in [0.2, 0.25) is 0 Å². The van der Waals surface area contributed by atoms with E-state index in [1.165, 1.54) is 18.2 Å². The lowest BCUT2D eigenvalue weighted by molar-refractivity contribution is -0.113. The number of halogens is 1. The molecule has 1 aromatic carbocycles. The van der Waals surface area contributed by atoms with Crippen molar-refractivity contribution in [3.8, 4) is 0 Å². The number of carboxylic acid groups (broad SMARTS) is 1. The molecule has 7 nitrogen and oxygen atoms in total. The fourth-order valence-corrected chi connectivity index (χ4v) is 2.93. The second kappa shape index (κ2) is 6.61. The minimum absolute atomic E-state index is 0.0722. The largest absolute Gasteiger partial charge is 0.475 e. The molecule has 9 heteroatoms. The zero-order valence-electron chi connectivity index (χ0n) is 11.7. The summed E-state index contributed by atoms with van der Waals surface area (Å²) in [7, 11) is -3.85. The van der Waals surface area contributed by atoms with Crippen LogP contribution >= 0.6 is 0 Å². The Balaban J connectivity index is 1.98. The quantitative estimate of drug-likeness (QED) is 0.826. The van der Waals surface area contributed by atoms with Crippen LogP contribution in [-0.2, 0) is 20.4 Å². The normalized spacial score (nSPS) is 11.2. The zero-order chi connectivity index (χ0) is 17.0. The molecule has 0 saturated carbocycles. The average molecular weight is 341 g/mol. The van der Waals surface area contributed by atoms with Gasteiger partial charge in [-0.05, 0) is 36.4 Å². The SMILES string of the molecule is O=C(CS(=O)(=O)Cc1ccc(C(=O)O)o1)Nc1ccc(F)cc1. The highest BCUT2D eigenvalue weighted by Gasteiger charge is 2.20. The van der Waals surface area contributed by atoms with Crippen molar-refractivity contribution in [3.05, 3.63) is 53.7 Å². The van der Waals surface area contributed by atoms with E-state index in [4.69, 9.17) is 9.52 Å². The molecule has 0 aliphatic heterocycles. The highest BCUT2D eigenvalue weighted by Crippen LogP contribution is 2.13. The van der Waals surface area contributed by atoms with Crippen molar-refractivity contribution in [1.82, 2.24) is 0 Å². The van der Waals surface area contributed by atoms with E-state index in [2.05, 4.69) is 5.32 Å². The van der Waals surface area contributed by atoms with Gasteiger partial charge in [-0.2, -0.15) is 0 Å². The molecule has 2 N–H and O–H groups in total. The fourth-order valence-electron chi connectivity index (χ4n) is 1.77.